The third-order valence-electron chi connectivity index (χ3n) is 3.72. The first-order chi connectivity index (χ1) is 12.8. The van der Waals surface area contributed by atoms with Gasteiger partial charge in [-0.15, -0.1) is 0 Å². The minimum absolute atomic E-state index is 0.0181. The average Bonchev–Trinajstić information content (AvgIpc) is 2.93. The van der Waals surface area contributed by atoms with Crippen LogP contribution in [0, 0.1) is 12.7 Å². The van der Waals surface area contributed by atoms with Gasteiger partial charge in [-0.3, -0.25) is 4.68 Å². The number of thiocarbonyl (C=S) groups is 1. The third kappa shape index (κ3) is 5.11. The van der Waals surface area contributed by atoms with Gasteiger partial charge in [0.15, 0.2) is 10.9 Å². The van der Waals surface area contributed by atoms with Crippen molar-refractivity contribution in [2.24, 2.45) is 0 Å². The van der Waals surface area contributed by atoms with E-state index in [1.165, 1.54) is 12.1 Å². The molecule has 0 aliphatic heterocycles. The second-order valence-corrected chi connectivity index (χ2v) is 7.41. The van der Waals surface area contributed by atoms with Crippen LogP contribution >= 0.6 is 47.0 Å². The zero-order chi connectivity index (χ0) is 19.6. The van der Waals surface area contributed by atoms with E-state index in [1.807, 2.05) is 29.8 Å². The smallest absolute Gasteiger partial charge is 0.176 e. The molecule has 0 aliphatic rings. The number of rotatable bonds is 4. The Balaban J connectivity index is 1.67. The molecule has 0 amide bonds. The zero-order valence-corrected chi connectivity index (χ0v) is 17.1. The highest BCUT2D eigenvalue weighted by molar-refractivity contribution is 7.80. The number of benzene rings is 2. The topological polar surface area (TPSA) is 41.9 Å². The molecule has 2 N–H and O–H groups in total. The van der Waals surface area contributed by atoms with Crippen molar-refractivity contribution in [1.29, 1.82) is 0 Å². The molecule has 0 saturated carbocycles. The molecule has 1 heterocycles. The standard InChI is InChI=1S/C18H14Cl3FN4S/c1-10-6-17(24-18(27)23-12-3-5-16(22)15(21)8-12)25-26(10)9-11-2-4-13(19)14(20)7-11/h2-8H,9H2,1H3,(H2,23,24,25,27). The minimum Gasteiger partial charge on any atom is -0.332 e. The van der Waals surface area contributed by atoms with E-state index in [0.717, 1.165) is 11.3 Å². The molecule has 2 aromatic carbocycles. The lowest BCUT2D eigenvalue weighted by atomic mass is 10.2. The normalized spacial score (nSPS) is 10.7. The maximum absolute atomic E-state index is 13.2. The summed E-state index contributed by atoms with van der Waals surface area (Å²) in [7, 11) is 0. The molecule has 0 saturated heterocycles. The first-order valence-electron chi connectivity index (χ1n) is 7.83. The summed E-state index contributed by atoms with van der Waals surface area (Å²) in [6, 6.07) is 11.6. The van der Waals surface area contributed by atoms with E-state index in [9.17, 15) is 4.39 Å². The lowest BCUT2D eigenvalue weighted by Crippen LogP contribution is -2.19. The number of hydrogen-bond acceptors (Lipinski definition) is 2. The summed E-state index contributed by atoms with van der Waals surface area (Å²) < 4.78 is 15.0. The Kier molecular flexibility index (Phi) is 6.22. The van der Waals surface area contributed by atoms with Gasteiger partial charge in [-0.25, -0.2) is 4.39 Å². The number of hydrogen-bond donors (Lipinski definition) is 2. The van der Waals surface area contributed by atoms with Gasteiger partial charge in [0.1, 0.15) is 5.82 Å². The molecule has 0 spiro atoms. The van der Waals surface area contributed by atoms with Crippen LogP contribution in [0.5, 0.6) is 0 Å². The Morgan fingerprint density at radius 3 is 2.52 bits per heavy atom. The number of aryl methyl sites for hydroxylation is 1. The van der Waals surface area contributed by atoms with Crippen molar-refractivity contribution in [3.05, 3.63) is 74.6 Å². The summed E-state index contributed by atoms with van der Waals surface area (Å²) in [4.78, 5) is 0. The van der Waals surface area contributed by atoms with Gasteiger partial charge in [0.05, 0.1) is 21.6 Å². The van der Waals surface area contributed by atoms with Gasteiger partial charge >= 0.3 is 0 Å². The first kappa shape index (κ1) is 19.9. The summed E-state index contributed by atoms with van der Waals surface area (Å²) in [5, 5.41) is 11.8. The molecule has 4 nitrogen and oxygen atoms in total. The van der Waals surface area contributed by atoms with Crippen LogP contribution < -0.4 is 10.6 Å². The Morgan fingerprint density at radius 1 is 1.04 bits per heavy atom. The third-order valence-corrected chi connectivity index (χ3v) is 4.95. The first-order valence-corrected chi connectivity index (χ1v) is 9.37. The van der Waals surface area contributed by atoms with Gasteiger partial charge in [-0.05, 0) is 55.0 Å². The lowest BCUT2D eigenvalue weighted by molar-refractivity contribution is 0.628. The van der Waals surface area contributed by atoms with Crippen LogP contribution in [0.2, 0.25) is 15.1 Å². The fraction of sp³-hybridized carbons (Fsp3) is 0.111. The van der Waals surface area contributed by atoms with Crippen molar-refractivity contribution in [3.63, 3.8) is 0 Å². The number of anilines is 2. The SMILES string of the molecule is Cc1cc(NC(=S)Nc2ccc(F)c(Cl)c2)nn1Cc1ccc(Cl)c(Cl)c1. The monoisotopic (exact) mass is 442 g/mol. The van der Waals surface area contributed by atoms with Gasteiger partial charge in [0, 0.05) is 17.4 Å². The summed E-state index contributed by atoms with van der Waals surface area (Å²) in [5.41, 5.74) is 2.49. The van der Waals surface area contributed by atoms with Crippen LogP contribution in [0.15, 0.2) is 42.5 Å². The minimum atomic E-state index is -0.488. The molecular weight excluding hydrogens is 430 g/mol. The van der Waals surface area contributed by atoms with E-state index in [1.54, 1.807) is 12.1 Å². The Bertz CT molecular complexity index is 1010. The summed E-state index contributed by atoms with van der Waals surface area (Å²) in [6.07, 6.45) is 0. The van der Waals surface area contributed by atoms with Crippen LogP contribution in [-0.4, -0.2) is 14.9 Å². The second kappa shape index (κ2) is 8.44. The molecule has 0 atom stereocenters. The number of nitrogens with zero attached hydrogens (tertiary/aromatic N) is 2. The maximum Gasteiger partial charge on any atom is 0.176 e. The van der Waals surface area contributed by atoms with Gasteiger partial charge in [0.25, 0.3) is 0 Å². The van der Waals surface area contributed by atoms with Crippen molar-refractivity contribution in [2.45, 2.75) is 13.5 Å². The molecule has 27 heavy (non-hydrogen) atoms. The predicted octanol–water partition coefficient (Wildman–Crippen LogP) is 6.15. The number of aromatic nitrogens is 2. The van der Waals surface area contributed by atoms with Crippen LogP contribution in [0.1, 0.15) is 11.3 Å². The van der Waals surface area contributed by atoms with Crippen LogP contribution in [0.25, 0.3) is 0 Å². The zero-order valence-electron chi connectivity index (χ0n) is 14.1. The fourth-order valence-corrected chi connectivity index (χ4v) is 3.12. The Morgan fingerprint density at radius 2 is 1.81 bits per heavy atom. The second-order valence-electron chi connectivity index (χ2n) is 5.79. The van der Waals surface area contributed by atoms with E-state index in [4.69, 9.17) is 47.0 Å². The van der Waals surface area contributed by atoms with Crippen LogP contribution in [-0.2, 0) is 6.54 Å². The Hall–Kier alpha value is -1.86. The molecule has 0 radical (unpaired) electrons. The molecule has 0 aliphatic carbocycles. The van der Waals surface area contributed by atoms with Crippen molar-refractivity contribution in [2.75, 3.05) is 10.6 Å². The van der Waals surface area contributed by atoms with E-state index < -0.39 is 5.82 Å². The lowest BCUT2D eigenvalue weighted by Gasteiger charge is -2.09. The van der Waals surface area contributed by atoms with Gasteiger partial charge < -0.3 is 10.6 Å². The molecule has 140 valence electrons. The summed E-state index contributed by atoms with van der Waals surface area (Å²) in [5.74, 6) is 0.0936. The van der Waals surface area contributed by atoms with Crippen molar-refractivity contribution in [1.82, 2.24) is 9.78 Å². The number of nitrogens with one attached hydrogen (secondary N) is 2. The molecule has 3 rings (SSSR count). The summed E-state index contributed by atoms with van der Waals surface area (Å²) >= 11 is 23.0. The predicted molar refractivity (Wildman–Crippen MR) is 114 cm³/mol. The maximum atomic E-state index is 13.2. The molecule has 3 aromatic rings. The largest absolute Gasteiger partial charge is 0.332 e. The van der Waals surface area contributed by atoms with Crippen molar-refractivity contribution >= 4 is 63.6 Å². The highest BCUT2D eigenvalue weighted by Gasteiger charge is 2.09. The van der Waals surface area contributed by atoms with Crippen molar-refractivity contribution in [3.8, 4) is 0 Å². The van der Waals surface area contributed by atoms with Crippen molar-refractivity contribution < 1.29 is 4.39 Å². The molecule has 9 heteroatoms. The fourth-order valence-electron chi connectivity index (χ4n) is 2.39. The quantitative estimate of drug-likeness (QED) is 0.475. The molecule has 0 unspecified atom stereocenters. The van der Waals surface area contributed by atoms with E-state index >= 15 is 0 Å². The summed E-state index contributed by atoms with van der Waals surface area (Å²) in [6.45, 7) is 2.48. The highest BCUT2D eigenvalue weighted by atomic mass is 35.5. The Labute approximate surface area is 176 Å². The molecular formula is C18H14Cl3FN4S. The molecule has 0 bridgehead atoms. The van der Waals surface area contributed by atoms with E-state index in [0.29, 0.717) is 33.2 Å². The number of halogens is 4. The van der Waals surface area contributed by atoms with Gasteiger partial charge in [-0.1, -0.05) is 40.9 Å². The van der Waals surface area contributed by atoms with E-state index in [-0.39, 0.29) is 5.02 Å². The van der Waals surface area contributed by atoms with Crippen LogP contribution in [0.4, 0.5) is 15.9 Å². The highest BCUT2D eigenvalue weighted by Crippen LogP contribution is 2.23. The van der Waals surface area contributed by atoms with Gasteiger partial charge in [-0.2, -0.15) is 5.10 Å². The van der Waals surface area contributed by atoms with Gasteiger partial charge in [0.2, 0.25) is 0 Å². The van der Waals surface area contributed by atoms with E-state index in [2.05, 4.69) is 15.7 Å². The van der Waals surface area contributed by atoms with Crippen LogP contribution in [0.3, 0.4) is 0 Å². The molecule has 1 aromatic heterocycles. The molecule has 0 fully saturated rings. The average molecular weight is 444 g/mol.